The summed E-state index contributed by atoms with van der Waals surface area (Å²) in [4.78, 5) is 25.3. The summed E-state index contributed by atoms with van der Waals surface area (Å²) in [7, 11) is 1.54. The summed E-state index contributed by atoms with van der Waals surface area (Å²) >= 11 is 0. The Hall–Kier alpha value is -3.02. The first kappa shape index (κ1) is 19.3. The van der Waals surface area contributed by atoms with E-state index >= 15 is 0 Å². The van der Waals surface area contributed by atoms with E-state index in [-0.39, 0.29) is 12.5 Å². The molecule has 6 nitrogen and oxygen atoms in total. The van der Waals surface area contributed by atoms with E-state index in [4.69, 9.17) is 9.47 Å². The van der Waals surface area contributed by atoms with Crippen LogP contribution in [-0.4, -0.2) is 30.2 Å². The summed E-state index contributed by atoms with van der Waals surface area (Å²) in [5.41, 5.74) is 2.64. The molecule has 1 heterocycles. The number of rotatable bonds is 7. The predicted molar refractivity (Wildman–Crippen MR) is 101 cm³/mol. The van der Waals surface area contributed by atoms with Gasteiger partial charge in [0.25, 0.3) is 5.91 Å². The van der Waals surface area contributed by atoms with Crippen LogP contribution in [0.5, 0.6) is 5.75 Å². The molecule has 138 valence electrons. The van der Waals surface area contributed by atoms with Crippen LogP contribution in [0.15, 0.2) is 36.9 Å². The summed E-state index contributed by atoms with van der Waals surface area (Å²) in [5.74, 6) is -0.198. The van der Waals surface area contributed by atoms with E-state index in [1.807, 2.05) is 12.1 Å². The van der Waals surface area contributed by atoms with Crippen molar-refractivity contribution in [3.63, 3.8) is 0 Å². The molecule has 1 N–H and O–H groups in total. The van der Waals surface area contributed by atoms with Gasteiger partial charge in [0, 0.05) is 12.2 Å². The molecule has 2 rings (SSSR count). The van der Waals surface area contributed by atoms with Crippen molar-refractivity contribution in [2.24, 2.45) is 0 Å². The molecule has 2 aromatic rings. The first-order valence-corrected chi connectivity index (χ1v) is 8.38. The van der Waals surface area contributed by atoms with Gasteiger partial charge in [0.15, 0.2) is 0 Å². The molecular formula is C20H24N2O4. The number of allylic oxidation sites excluding steroid dienone is 1. The van der Waals surface area contributed by atoms with E-state index < -0.39 is 5.97 Å². The molecule has 0 saturated carbocycles. The Morgan fingerprint density at radius 1 is 1.27 bits per heavy atom. The number of carbonyl (C=O) groups is 2. The largest absolute Gasteiger partial charge is 0.495 e. The van der Waals surface area contributed by atoms with Crippen molar-refractivity contribution in [2.45, 2.75) is 27.3 Å². The number of aromatic nitrogens is 1. The normalized spacial score (nSPS) is 10.3. The van der Waals surface area contributed by atoms with Gasteiger partial charge in [0.2, 0.25) is 0 Å². The zero-order valence-electron chi connectivity index (χ0n) is 15.6. The molecule has 0 spiro atoms. The quantitative estimate of drug-likeness (QED) is 0.606. The maximum atomic E-state index is 12.9. The highest BCUT2D eigenvalue weighted by Crippen LogP contribution is 2.27. The van der Waals surface area contributed by atoms with E-state index in [0.29, 0.717) is 40.5 Å². The van der Waals surface area contributed by atoms with Gasteiger partial charge in [-0.1, -0.05) is 18.2 Å². The van der Waals surface area contributed by atoms with Crippen molar-refractivity contribution in [1.82, 2.24) is 4.57 Å². The summed E-state index contributed by atoms with van der Waals surface area (Å²) in [6.07, 6.45) is 1.68. The second-order valence-electron chi connectivity index (χ2n) is 5.71. The summed E-state index contributed by atoms with van der Waals surface area (Å²) in [6.45, 7) is 9.69. The second-order valence-corrected chi connectivity index (χ2v) is 5.71. The molecule has 0 atom stereocenters. The maximum Gasteiger partial charge on any atom is 0.355 e. The fraction of sp³-hybridized carbons (Fsp3) is 0.300. The third-order valence-electron chi connectivity index (χ3n) is 4.13. The third-order valence-corrected chi connectivity index (χ3v) is 4.13. The van der Waals surface area contributed by atoms with Gasteiger partial charge in [-0.2, -0.15) is 0 Å². The van der Waals surface area contributed by atoms with Gasteiger partial charge in [-0.3, -0.25) is 4.79 Å². The number of amides is 1. The van der Waals surface area contributed by atoms with Crippen LogP contribution < -0.4 is 10.1 Å². The van der Waals surface area contributed by atoms with Crippen LogP contribution in [0.25, 0.3) is 0 Å². The van der Waals surface area contributed by atoms with Gasteiger partial charge >= 0.3 is 5.97 Å². The van der Waals surface area contributed by atoms with Gasteiger partial charge in [-0.05, 0) is 38.5 Å². The van der Waals surface area contributed by atoms with Gasteiger partial charge in [-0.15, -0.1) is 6.58 Å². The molecule has 0 bridgehead atoms. The second kappa shape index (κ2) is 8.38. The average Bonchev–Trinajstić information content (AvgIpc) is 2.86. The van der Waals surface area contributed by atoms with Crippen LogP contribution in [0.2, 0.25) is 0 Å². The SMILES string of the molecule is C=CCn1c(C)c(C(=O)Nc2ccccc2OC)c(C)c1C(=O)OCC. The minimum Gasteiger partial charge on any atom is -0.495 e. The van der Waals surface area contributed by atoms with Crippen molar-refractivity contribution >= 4 is 17.6 Å². The minimum absolute atomic E-state index is 0.263. The number of esters is 1. The fourth-order valence-corrected chi connectivity index (χ4v) is 2.98. The van der Waals surface area contributed by atoms with Gasteiger partial charge in [-0.25, -0.2) is 4.79 Å². The van der Waals surface area contributed by atoms with Crippen molar-refractivity contribution in [3.05, 3.63) is 59.4 Å². The van der Waals surface area contributed by atoms with Gasteiger partial charge in [0.05, 0.1) is 25.0 Å². The third kappa shape index (κ3) is 3.64. The molecule has 0 radical (unpaired) electrons. The lowest BCUT2D eigenvalue weighted by atomic mass is 10.1. The van der Waals surface area contributed by atoms with Crippen molar-refractivity contribution in [3.8, 4) is 5.75 Å². The maximum absolute atomic E-state index is 12.9. The van der Waals surface area contributed by atoms with Crippen LogP contribution in [-0.2, 0) is 11.3 Å². The molecule has 6 heteroatoms. The van der Waals surface area contributed by atoms with E-state index in [1.54, 1.807) is 50.7 Å². The van der Waals surface area contributed by atoms with Crippen molar-refractivity contribution in [1.29, 1.82) is 0 Å². The number of hydrogen-bond donors (Lipinski definition) is 1. The zero-order chi connectivity index (χ0) is 19.3. The lowest BCUT2D eigenvalue weighted by Gasteiger charge is -2.10. The number of nitrogens with zero attached hydrogens (tertiary/aromatic N) is 1. The number of methoxy groups -OCH3 is 1. The Morgan fingerprint density at radius 3 is 2.58 bits per heavy atom. The number of para-hydroxylation sites is 2. The fourth-order valence-electron chi connectivity index (χ4n) is 2.98. The van der Waals surface area contributed by atoms with Crippen molar-refractivity contribution in [2.75, 3.05) is 19.0 Å². The number of ether oxygens (including phenoxy) is 2. The van der Waals surface area contributed by atoms with E-state index in [2.05, 4.69) is 11.9 Å². The van der Waals surface area contributed by atoms with Gasteiger partial charge < -0.3 is 19.4 Å². The topological polar surface area (TPSA) is 69.6 Å². The molecule has 0 fully saturated rings. The molecule has 1 aromatic heterocycles. The van der Waals surface area contributed by atoms with E-state index in [1.165, 1.54) is 0 Å². The molecule has 0 saturated heterocycles. The van der Waals surface area contributed by atoms with Crippen LogP contribution in [0.3, 0.4) is 0 Å². The first-order valence-electron chi connectivity index (χ1n) is 8.38. The summed E-state index contributed by atoms with van der Waals surface area (Å²) in [5, 5.41) is 2.86. The molecule has 0 aliphatic heterocycles. The highest BCUT2D eigenvalue weighted by Gasteiger charge is 2.27. The average molecular weight is 356 g/mol. The smallest absolute Gasteiger partial charge is 0.355 e. The highest BCUT2D eigenvalue weighted by molar-refractivity contribution is 6.09. The number of benzene rings is 1. The lowest BCUT2D eigenvalue weighted by Crippen LogP contribution is -2.14. The highest BCUT2D eigenvalue weighted by atomic mass is 16.5. The zero-order valence-corrected chi connectivity index (χ0v) is 15.6. The Bertz CT molecular complexity index is 837. The molecule has 1 aromatic carbocycles. The number of hydrogen-bond acceptors (Lipinski definition) is 4. The molecule has 0 unspecified atom stereocenters. The number of anilines is 1. The number of nitrogens with one attached hydrogen (secondary N) is 1. The van der Waals surface area contributed by atoms with Crippen LogP contribution in [0.1, 0.15) is 39.0 Å². The molecule has 0 aliphatic rings. The first-order chi connectivity index (χ1) is 12.5. The molecular weight excluding hydrogens is 332 g/mol. The monoisotopic (exact) mass is 356 g/mol. The molecule has 0 aliphatic carbocycles. The van der Waals surface area contributed by atoms with Crippen LogP contribution >= 0.6 is 0 Å². The van der Waals surface area contributed by atoms with E-state index in [0.717, 1.165) is 0 Å². The summed E-state index contributed by atoms with van der Waals surface area (Å²) < 4.78 is 12.2. The molecule has 1 amide bonds. The Balaban J connectivity index is 2.48. The van der Waals surface area contributed by atoms with Gasteiger partial charge in [0.1, 0.15) is 11.4 Å². The standard InChI is InChI=1S/C20H24N2O4/c1-6-12-22-14(4)17(13(3)18(22)20(24)26-7-2)19(23)21-15-10-8-9-11-16(15)25-5/h6,8-11H,1,7,12H2,2-5H3,(H,21,23). The lowest BCUT2D eigenvalue weighted by molar-refractivity contribution is 0.0513. The van der Waals surface area contributed by atoms with Crippen LogP contribution in [0, 0.1) is 13.8 Å². The Labute approximate surface area is 153 Å². The molecule has 26 heavy (non-hydrogen) atoms. The minimum atomic E-state index is -0.453. The Kier molecular flexibility index (Phi) is 6.22. The summed E-state index contributed by atoms with van der Waals surface area (Å²) in [6, 6.07) is 7.16. The van der Waals surface area contributed by atoms with Crippen molar-refractivity contribution < 1.29 is 19.1 Å². The van der Waals surface area contributed by atoms with E-state index in [9.17, 15) is 9.59 Å². The van der Waals surface area contributed by atoms with Crippen LogP contribution in [0.4, 0.5) is 5.69 Å². The number of carbonyl (C=O) groups excluding carboxylic acids is 2. The predicted octanol–water partition coefficient (Wildman–Crippen LogP) is 3.73. The Morgan fingerprint density at radius 2 is 1.96 bits per heavy atom.